The highest BCUT2D eigenvalue weighted by molar-refractivity contribution is 5.79. The van der Waals surface area contributed by atoms with Crippen LogP contribution < -0.4 is 0 Å². The predicted octanol–water partition coefficient (Wildman–Crippen LogP) is 2.77. The van der Waals surface area contributed by atoms with Crippen LogP contribution in [0.5, 0.6) is 0 Å². The zero-order valence-electron chi connectivity index (χ0n) is 13.6. The van der Waals surface area contributed by atoms with Gasteiger partial charge in [-0.1, -0.05) is 44.2 Å². The second-order valence-electron chi connectivity index (χ2n) is 5.94. The van der Waals surface area contributed by atoms with Crippen LogP contribution in [0.3, 0.4) is 0 Å². The maximum atomic E-state index is 12.7. The predicted molar refractivity (Wildman–Crippen MR) is 86.4 cm³/mol. The van der Waals surface area contributed by atoms with Gasteiger partial charge in [-0.2, -0.15) is 0 Å². The smallest absolute Gasteiger partial charge is 0.226 e. The van der Waals surface area contributed by atoms with Crippen molar-refractivity contribution < 1.29 is 14.6 Å². The van der Waals surface area contributed by atoms with Gasteiger partial charge in [-0.25, -0.2) is 0 Å². The van der Waals surface area contributed by atoms with E-state index in [0.717, 1.165) is 18.4 Å². The molecule has 1 heterocycles. The van der Waals surface area contributed by atoms with Crippen molar-refractivity contribution in [3.8, 4) is 0 Å². The molecule has 1 fully saturated rings. The van der Waals surface area contributed by atoms with Gasteiger partial charge in [0.1, 0.15) is 0 Å². The number of hydrogen-bond donors (Lipinski definition) is 1. The SMILES string of the molecule is CCC(CC)C(=O)N1CCOCC1CC(O)c1ccccc1. The fraction of sp³-hybridized carbons (Fsp3) is 0.611. The highest BCUT2D eigenvalue weighted by atomic mass is 16.5. The number of nitrogens with zero attached hydrogens (tertiary/aromatic N) is 1. The molecule has 0 aromatic heterocycles. The van der Waals surface area contributed by atoms with E-state index in [-0.39, 0.29) is 17.9 Å². The number of amides is 1. The average molecular weight is 305 g/mol. The molecule has 1 aliphatic heterocycles. The molecule has 0 spiro atoms. The molecule has 2 unspecified atom stereocenters. The van der Waals surface area contributed by atoms with Gasteiger partial charge in [0, 0.05) is 18.9 Å². The normalized spacial score (nSPS) is 20.2. The summed E-state index contributed by atoms with van der Waals surface area (Å²) in [5.74, 6) is 0.285. The molecule has 0 bridgehead atoms. The summed E-state index contributed by atoms with van der Waals surface area (Å²) < 4.78 is 5.54. The minimum Gasteiger partial charge on any atom is -0.388 e. The number of carbonyl (C=O) groups excluding carboxylic acids is 1. The molecule has 1 aromatic carbocycles. The van der Waals surface area contributed by atoms with Crippen molar-refractivity contribution >= 4 is 5.91 Å². The molecule has 22 heavy (non-hydrogen) atoms. The number of hydrogen-bond acceptors (Lipinski definition) is 3. The first-order chi connectivity index (χ1) is 10.7. The van der Waals surface area contributed by atoms with Crippen molar-refractivity contribution in [1.82, 2.24) is 4.90 Å². The molecule has 2 rings (SSSR count). The van der Waals surface area contributed by atoms with Crippen LogP contribution in [0.2, 0.25) is 0 Å². The van der Waals surface area contributed by atoms with E-state index in [9.17, 15) is 9.90 Å². The molecular weight excluding hydrogens is 278 g/mol. The van der Waals surface area contributed by atoms with Crippen LogP contribution >= 0.6 is 0 Å². The van der Waals surface area contributed by atoms with E-state index in [0.29, 0.717) is 26.2 Å². The third-order valence-electron chi connectivity index (χ3n) is 4.53. The number of aliphatic hydroxyl groups excluding tert-OH is 1. The molecule has 4 nitrogen and oxygen atoms in total. The van der Waals surface area contributed by atoms with E-state index in [2.05, 4.69) is 13.8 Å². The molecule has 1 aliphatic rings. The average Bonchev–Trinajstić information content (AvgIpc) is 2.57. The van der Waals surface area contributed by atoms with E-state index < -0.39 is 6.10 Å². The second kappa shape index (κ2) is 8.30. The van der Waals surface area contributed by atoms with Gasteiger partial charge in [0.2, 0.25) is 5.91 Å². The Morgan fingerprint density at radius 3 is 2.64 bits per heavy atom. The van der Waals surface area contributed by atoms with Crippen molar-refractivity contribution in [1.29, 1.82) is 0 Å². The molecular formula is C18H27NO3. The molecule has 1 amide bonds. The van der Waals surface area contributed by atoms with Crippen molar-refractivity contribution in [3.05, 3.63) is 35.9 Å². The van der Waals surface area contributed by atoms with Gasteiger partial charge in [0.05, 0.1) is 25.4 Å². The Morgan fingerprint density at radius 2 is 2.00 bits per heavy atom. The Kier molecular flexibility index (Phi) is 6.40. The molecule has 2 atom stereocenters. The standard InChI is InChI=1S/C18H27NO3/c1-3-14(4-2)18(21)19-10-11-22-13-16(19)12-17(20)15-8-6-5-7-9-15/h5-9,14,16-17,20H,3-4,10-13H2,1-2H3. The molecule has 1 N–H and O–H groups in total. The number of ether oxygens (including phenoxy) is 1. The lowest BCUT2D eigenvalue weighted by molar-refractivity contribution is -0.145. The monoisotopic (exact) mass is 305 g/mol. The summed E-state index contributed by atoms with van der Waals surface area (Å²) in [6, 6.07) is 9.56. The first-order valence-electron chi connectivity index (χ1n) is 8.28. The Morgan fingerprint density at radius 1 is 1.32 bits per heavy atom. The van der Waals surface area contributed by atoms with Crippen LogP contribution in [-0.2, 0) is 9.53 Å². The van der Waals surface area contributed by atoms with Crippen LogP contribution in [0.25, 0.3) is 0 Å². The van der Waals surface area contributed by atoms with Crippen LogP contribution in [0.1, 0.15) is 44.8 Å². The van der Waals surface area contributed by atoms with E-state index in [4.69, 9.17) is 4.74 Å². The Hall–Kier alpha value is -1.39. The van der Waals surface area contributed by atoms with Gasteiger partial charge in [0.15, 0.2) is 0 Å². The van der Waals surface area contributed by atoms with Crippen molar-refractivity contribution in [3.63, 3.8) is 0 Å². The van der Waals surface area contributed by atoms with Gasteiger partial charge in [0.25, 0.3) is 0 Å². The molecule has 1 aromatic rings. The number of morpholine rings is 1. The number of aliphatic hydroxyl groups is 1. The van der Waals surface area contributed by atoms with E-state index in [1.54, 1.807) is 0 Å². The van der Waals surface area contributed by atoms with Gasteiger partial charge >= 0.3 is 0 Å². The highest BCUT2D eigenvalue weighted by Crippen LogP contribution is 2.24. The zero-order valence-corrected chi connectivity index (χ0v) is 13.6. The van der Waals surface area contributed by atoms with Crippen LogP contribution in [-0.4, -0.2) is 41.7 Å². The summed E-state index contributed by atoms with van der Waals surface area (Å²) in [5.41, 5.74) is 0.892. The van der Waals surface area contributed by atoms with Crippen LogP contribution in [0, 0.1) is 5.92 Å². The van der Waals surface area contributed by atoms with Crippen LogP contribution in [0.4, 0.5) is 0 Å². The lowest BCUT2D eigenvalue weighted by Gasteiger charge is -2.38. The molecule has 122 valence electrons. The van der Waals surface area contributed by atoms with Crippen molar-refractivity contribution in [2.75, 3.05) is 19.8 Å². The lowest BCUT2D eigenvalue weighted by atomic mass is 9.97. The molecule has 0 aliphatic carbocycles. The summed E-state index contributed by atoms with van der Waals surface area (Å²) >= 11 is 0. The van der Waals surface area contributed by atoms with Gasteiger partial charge in [-0.3, -0.25) is 4.79 Å². The molecule has 0 saturated carbocycles. The summed E-state index contributed by atoms with van der Waals surface area (Å²) in [6.45, 7) is 5.84. The topological polar surface area (TPSA) is 49.8 Å². The second-order valence-corrected chi connectivity index (χ2v) is 5.94. The Labute approximate surface area is 133 Å². The fourth-order valence-corrected chi connectivity index (χ4v) is 3.08. The van der Waals surface area contributed by atoms with Gasteiger partial charge in [-0.15, -0.1) is 0 Å². The number of rotatable bonds is 6. The van der Waals surface area contributed by atoms with Crippen LogP contribution in [0.15, 0.2) is 30.3 Å². The lowest BCUT2D eigenvalue weighted by Crippen LogP contribution is -2.51. The third kappa shape index (κ3) is 4.08. The number of carbonyl (C=O) groups is 1. The van der Waals surface area contributed by atoms with E-state index in [1.807, 2.05) is 35.2 Å². The van der Waals surface area contributed by atoms with Gasteiger partial charge in [-0.05, 0) is 18.4 Å². The first-order valence-corrected chi connectivity index (χ1v) is 8.28. The van der Waals surface area contributed by atoms with E-state index >= 15 is 0 Å². The van der Waals surface area contributed by atoms with Gasteiger partial charge < -0.3 is 14.7 Å². The van der Waals surface area contributed by atoms with E-state index in [1.165, 1.54) is 0 Å². The maximum absolute atomic E-state index is 12.7. The minimum atomic E-state index is -0.565. The third-order valence-corrected chi connectivity index (χ3v) is 4.53. The Bertz CT molecular complexity index is 459. The fourth-order valence-electron chi connectivity index (χ4n) is 3.08. The van der Waals surface area contributed by atoms with Crippen molar-refractivity contribution in [2.24, 2.45) is 5.92 Å². The summed E-state index contributed by atoms with van der Waals surface area (Å²) in [7, 11) is 0. The quantitative estimate of drug-likeness (QED) is 0.879. The maximum Gasteiger partial charge on any atom is 0.226 e. The van der Waals surface area contributed by atoms with Crippen molar-refractivity contribution in [2.45, 2.75) is 45.3 Å². The molecule has 4 heteroatoms. The minimum absolute atomic E-state index is 0.0444. The highest BCUT2D eigenvalue weighted by Gasteiger charge is 2.32. The number of benzene rings is 1. The molecule has 1 saturated heterocycles. The zero-order chi connectivity index (χ0) is 15.9. The first kappa shape index (κ1) is 17.0. The summed E-state index contributed by atoms with van der Waals surface area (Å²) in [4.78, 5) is 14.6. The Balaban J connectivity index is 2.05. The summed E-state index contributed by atoms with van der Waals surface area (Å²) in [6.07, 6.45) is 1.68. The summed E-state index contributed by atoms with van der Waals surface area (Å²) in [5, 5.41) is 10.4. The largest absolute Gasteiger partial charge is 0.388 e. The molecule has 0 radical (unpaired) electrons.